The first kappa shape index (κ1) is 29.0. The number of rotatable bonds is 7. The zero-order chi connectivity index (χ0) is 28.4. The number of hydrogen-bond donors (Lipinski definition) is 0. The molecule has 0 saturated carbocycles. The fourth-order valence-electron chi connectivity index (χ4n) is 5.53. The van der Waals surface area contributed by atoms with Crippen molar-refractivity contribution in [1.82, 2.24) is 9.80 Å². The molecule has 0 radical (unpaired) electrons. The predicted molar refractivity (Wildman–Crippen MR) is 138 cm³/mol. The third kappa shape index (κ3) is 6.41. The molecule has 1 heterocycles. The van der Waals surface area contributed by atoms with Gasteiger partial charge in [-0.2, -0.15) is 26.3 Å². The quantitative estimate of drug-likeness (QED) is 0.282. The Bertz CT molecular complexity index is 1220. The van der Waals surface area contributed by atoms with Gasteiger partial charge in [0.25, 0.3) is 0 Å². The van der Waals surface area contributed by atoms with Crippen LogP contribution in [0.3, 0.4) is 0 Å². The Kier molecular flexibility index (Phi) is 8.33. The smallest absolute Gasteiger partial charge is 0.416 e. The van der Waals surface area contributed by atoms with Gasteiger partial charge >= 0.3 is 12.4 Å². The van der Waals surface area contributed by atoms with E-state index in [2.05, 4.69) is 28.9 Å². The predicted octanol–water partition coefficient (Wildman–Crippen LogP) is 7.57. The van der Waals surface area contributed by atoms with E-state index in [-0.39, 0.29) is 24.1 Å². The van der Waals surface area contributed by atoms with Crippen molar-refractivity contribution in [2.24, 2.45) is 0 Å². The molecule has 0 bridgehead atoms. The SMILES string of the molecule is COc1ccccc1C(C)(Cc1cc(C(F)(F)F)cc(C(F)(F)F)c1)N1CCN(C(C)c2ccccc2)CC1. The number of benzene rings is 3. The van der Waals surface area contributed by atoms with E-state index < -0.39 is 29.0 Å². The first-order chi connectivity index (χ1) is 18.3. The summed E-state index contributed by atoms with van der Waals surface area (Å²) < 4.78 is 87.3. The summed E-state index contributed by atoms with van der Waals surface area (Å²) in [5.41, 5.74) is -1.69. The topological polar surface area (TPSA) is 15.7 Å². The van der Waals surface area contributed by atoms with Gasteiger partial charge in [-0.1, -0.05) is 48.5 Å². The molecule has 1 saturated heterocycles. The van der Waals surface area contributed by atoms with Gasteiger partial charge in [0.1, 0.15) is 5.75 Å². The van der Waals surface area contributed by atoms with Crippen molar-refractivity contribution in [3.05, 3.63) is 101 Å². The molecule has 3 aromatic carbocycles. The van der Waals surface area contributed by atoms with Crippen molar-refractivity contribution in [2.75, 3.05) is 33.3 Å². The average Bonchev–Trinajstić information content (AvgIpc) is 2.92. The van der Waals surface area contributed by atoms with Crippen LogP contribution in [0.5, 0.6) is 5.75 Å². The number of hydrogen-bond acceptors (Lipinski definition) is 3. The summed E-state index contributed by atoms with van der Waals surface area (Å²) in [5, 5.41) is 0. The van der Waals surface area contributed by atoms with Gasteiger partial charge in [0.05, 0.1) is 23.8 Å². The second kappa shape index (κ2) is 11.2. The van der Waals surface area contributed by atoms with Gasteiger partial charge in [0, 0.05) is 37.8 Å². The van der Waals surface area contributed by atoms with Gasteiger partial charge in [-0.05, 0) is 55.7 Å². The Morgan fingerprint density at radius 3 is 1.85 bits per heavy atom. The lowest BCUT2D eigenvalue weighted by atomic mass is 9.82. The highest BCUT2D eigenvalue weighted by molar-refractivity contribution is 5.42. The molecule has 1 aliphatic heterocycles. The maximum atomic E-state index is 13.6. The van der Waals surface area contributed by atoms with Crippen LogP contribution in [0.1, 0.15) is 47.7 Å². The summed E-state index contributed by atoms with van der Waals surface area (Å²) in [6.07, 6.45) is -9.87. The number of alkyl halides is 6. The molecule has 3 aromatic rings. The Balaban J connectivity index is 1.70. The lowest BCUT2D eigenvalue weighted by Crippen LogP contribution is -2.55. The van der Waals surface area contributed by atoms with Crippen molar-refractivity contribution in [3.8, 4) is 5.75 Å². The summed E-state index contributed by atoms with van der Waals surface area (Å²) in [6, 6.07) is 19.3. The van der Waals surface area contributed by atoms with Gasteiger partial charge in [-0.15, -0.1) is 0 Å². The molecule has 9 heteroatoms. The van der Waals surface area contributed by atoms with Gasteiger partial charge in [0.15, 0.2) is 0 Å². The minimum Gasteiger partial charge on any atom is -0.496 e. The number of halogens is 6. The molecule has 3 nitrogen and oxygen atoms in total. The summed E-state index contributed by atoms with van der Waals surface area (Å²) in [7, 11) is 1.50. The molecule has 0 aliphatic carbocycles. The molecular formula is C30H32F6N2O. The van der Waals surface area contributed by atoms with Crippen molar-refractivity contribution in [3.63, 3.8) is 0 Å². The van der Waals surface area contributed by atoms with E-state index in [9.17, 15) is 26.3 Å². The van der Waals surface area contributed by atoms with E-state index in [1.165, 1.54) is 12.7 Å². The van der Waals surface area contributed by atoms with E-state index in [1.54, 1.807) is 18.2 Å². The number of piperazine rings is 1. The van der Waals surface area contributed by atoms with Crippen LogP contribution in [0, 0.1) is 0 Å². The average molecular weight is 551 g/mol. The number of para-hydroxylation sites is 1. The van der Waals surface area contributed by atoms with E-state index in [1.807, 2.05) is 31.2 Å². The minimum atomic E-state index is -4.91. The fourth-order valence-corrected chi connectivity index (χ4v) is 5.53. The first-order valence-corrected chi connectivity index (χ1v) is 12.8. The molecule has 210 valence electrons. The molecule has 4 rings (SSSR count). The molecule has 2 atom stereocenters. The first-order valence-electron chi connectivity index (χ1n) is 12.8. The Morgan fingerprint density at radius 1 is 0.769 bits per heavy atom. The standard InChI is InChI=1S/C30H32F6N2O/c1-21(23-9-5-4-6-10-23)37-13-15-38(16-14-37)28(2,26-11-7-8-12-27(26)39-3)20-22-17-24(29(31,32)33)19-25(18-22)30(34,35)36/h4-12,17-19,21H,13-16,20H2,1-3H3. The Labute approximate surface area is 225 Å². The largest absolute Gasteiger partial charge is 0.496 e. The number of ether oxygens (including phenoxy) is 1. The van der Waals surface area contributed by atoms with Crippen LogP contribution < -0.4 is 4.74 Å². The molecule has 0 spiro atoms. The monoisotopic (exact) mass is 550 g/mol. The van der Waals surface area contributed by atoms with Gasteiger partial charge in [-0.25, -0.2) is 0 Å². The van der Waals surface area contributed by atoms with Crippen LogP contribution in [-0.4, -0.2) is 43.1 Å². The summed E-state index contributed by atoms with van der Waals surface area (Å²) in [5.74, 6) is 0.531. The second-order valence-electron chi connectivity index (χ2n) is 10.2. The Morgan fingerprint density at radius 2 is 1.31 bits per heavy atom. The fraction of sp³-hybridized carbons (Fsp3) is 0.400. The molecular weight excluding hydrogens is 518 g/mol. The van der Waals surface area contributed by atoms with E-state index in [0.29, 0.717) is 37.5 Å². The normalized spacial score (nSPS) is 18.0. The zero-order valence-electron chi connectivity index (χ0n) is 22.1. The van der Waals surface area contributed by atoms with Crippen molar-refractivity contribution in [2.45, 2.75) is 44.2 Å². The maximum absolute atomic E-state index is 13.6. The highest BCUT2D eigenvalue weighted by Crippen LogP contribution is 2.42. The molecule has 0 aromatic heterocycles. The summed E-state index contributed by atoms with van der Waals surface area (Å²) in [4.78, 5) is 4.48. The number of methoxy groups -OCH3 is 1. The van der Waals surface area contributed by atoms with Crippen LogP contribution in [0.4, 0.5) is 26.3 Å². The maximum Gasteiger partial charge on any atom is 0.416 e. The molecule has 0 N–H and O–H groups in total. The van der Waals surface area contributed by atoms with Gasteiger partial charge < -0.3 is 4.74 Å². The minimum absolute atomic E-state index is 0.0364. The Hall–Kier alpha value is -3.04. The highest BCUT2D eigenvalue weighted by atomic mass is 19.4. The lowest BCUT2D eigenvalue weighted by molar-refractivity contribution is -0.143. The molecule has 1 aliphatic rings. The molecule has 2 unspecified atom stereocenters. The third-order valence-electron chi connectivity index (χ3n) is 7.72. The van der Waals surface area contributed by atoms with E-state index >= 15 is 0 Å². The summed E-state index contributed by atoms with van der Waals surface area (Å²) >= 11 is 0. The number of nitrogens with zero attached hydrogens (tertiary/aromatic N) is 2. The van der Waals surface area contributed by atoms with Gasteiger partial charge in [0.2, 0.25) is 0 Å². The summed E-state index contributed by atoms with van der Waals surface area (Å²) in [6.45, 7) is 6.54. The zero-order valence-corrected chi connectivity index (χ0v) is 22.1. The van der Waals surface area contributed by atoms with Crippen molar-refractivity contribution >= 4 is 0 Å². The van der Waals surface area contributed by atoms with Gasteiger partial charge in [-0.3, -0.25) is 9.80 Å². The van der Waals surface area contributed by atoms with Crippen LogP contribution in [0.25, 0.3) is 0 Å². The van der Waals surface area contributed by atoms with E-state index in [4.69, 9.17) is 4.74 Å². The second-order valence-corrected chi connectivity index (χ2v) is 10.2. The molecule has 39 heavy (non-hydrogen) atoms. The van der Waals surface area contributed by atoms with Crippen LogP contribution in [0.2, 0.25) is 0 Å². The van der Waals surface area contributed by atoms with Crippen molar-refractivity contribution < 1.29 is 31.1 Å². The molecule has 0 amide bonds. The van der Waals surface area contributed by atoms with E-state index in [0.717, 1.165) is 12.1 Å². The van der Waals surface area contributed by atoms with Crippen molar-refractivity contribution in [1.29, 1.82) is 0 Å². The molecule has 1 fully saturated rings. The van der Waals surface area contributed by atoms with Crippen LogP contribution in [-0.2, 0) is 24.3 Å². The highest BCUT2D eigenvalue weighted by Gasteiger charge is 2.41. The third-order valence-corrected chi connectivity index (χ3v) is 7.72. The lowest BCUT2D eigenvalue weighted by Gasteiger charge is -2.48. The van der Waals surface area contributed by atoms with Crippen LogP contribution >= 0.6 is 0 Å². The van der Waals surface area contributed by atoms with Crippen LogP contribution in [0.15, 0.2) is 72.8 Å².